The maximum atomic E-state index is 12.2. The van der Waals surface area contributed by atoms with E-state index in [2.05, 4.69) is 80.4 Å². The summed E-state index contributed by atoms with van der Waals surface area (Å²) in [7, 11) is 0. The molecular weight excluding hydrogens is 828 g/mol. The van der Waals surface area contributed by atoms with Crippen LogP contribution in [0.3, 0.4) is 0 Å². The molecule has 0 saturated heterocycles. The van der Waals surface area contributed by atoms with Crippen LogP contribution in [0.5, 0.6) is 0 Å². The van der Waals surface area contributed by atoms with Crippen molar-refractivity contribution in [2.45, 2.75) is 121 Å². The van der Waals surface area contributed by atoms with Crippen LogP contribution >= 0.6 is 11.3 Å². The van der Waals surface area contributed by atoms with Crippen LogP contribution in [0.25, 0.3) is 0 Å². The van der Waals surface area contributed by atoms with Crippen LogP contribution < -0.4 is 22.7 Å². The van der Waals surface area contributed by atoms with Gasteiger partial charge >= 0.3 is 0 Å². The summed E-state index contributed by atoms with van der Waals surface area (Å²) in [5.41, 5.74) is 17.2. The molecule has 0 aromatic carbocycles. The van der Waals surface area contributed by atoms with Gasteiger partial charge in [-0.05, 0) is 94.4 Å². The number of nitrogens with two attached hydrogens (primary N) is 1. The van der Waals surface area contributed by atoms with E-state index in [4.69, 9.17) is 10.8 Å². The number of allylic oxidation sites excluding steroid dienone is 20. The molecule has 11 heteroatoms. The average molecular weight is 898 g/mol. The van der Waals surface area contributed by atoms with Gasteiger partial charge in [-0.25, -0.2) is 9.97 Å². The van der Waals surface area contributed by atoms with Crippen molar-refractivity contribution < 1.29 is 41.9 Å². The lowest BCUT2D eigenvalue weighted by molar-refractivity contribution is -0.689. The van der Waals surface area contributed by atoms with Gasteiger partial charge in [-0.2, -0.15) is 4.57 Å². The Morgan fingerprint density at radius 2 is 1.19 bits per heavy atom. The maximum Gasteiger partial charge on any atom is 0.225 e. The number of hydrogen-bond donors (Lipinski definition) is 4. The van der Waals surface area contributed by atoms with E-state index in [9.17, 15) is 19.8 Å². The van der Waals surface area contributed by atoms with Crippen LogP contribution in [0.2, 0.25) is 0 Å². The Bertz CT molecular complexity index is 2200. The zero-order valence-corrected chi connectivity index (χ0v) is 40.9. The molecule has 5 N–H and O–H groups in total. The molecule has 0 aliphatic heterocycles. The number of nitrogens with zero attached hydrogens (tertiary/aromatic N) is 3. The first-order chi connectivity index (χ1) is 29.1. The van der Waals surface area contributed by atoms with E-state index in [0.717, 1.165) is 44.7 Å². The molecule has 4 rings (SSSR count). The van der Waals surface area contributed by atoms with E-state index in [1.807, 2.05) is 94.0 Å². The van der Waals surface area contributed by atoms with E-state index < -0.39 is 12.2 Å². The van der Waals surface area contributed by atoms with Gasteiger partial charge < -0.3 is 33.5 Å². The summed E-state index contributed by atoms with van der Waals surface area (Å²) in [5.74, 6) is 0.867. The van der Waals surface area contributed by atoms with E-state index >= 15 is 0 Å². The number of ketones is 2. The standard InChI is InChI=1S/C40H52O4.C12H17N4OS.ClH/c1-27(17-13-19-29(3)21-23-33-31(5)37(43)35(41)25-39(33,7)8)15-11-12-16-28(2)18-14-20-30(4)22-24-34-32(6)38(44)36(42)26-40(34,9)10;1-8-11(3-4-17)18-7-16(8)6-10-5-14-9(2)15-12(10)13;/h11-24,35-36,41-42H,25-26H2,1-10H3;5,7,17H,3-4,6H2,1-2H3,(H2,13,14,15);1H/q;+1;/p-1/b12-11+,17-13+,18-14+,23-21+,24-22+,27-15+,28-16+,29-19+,30-20+;;. The highest BCUT2D eigenvalue weighted by atomic mass is 35.5. The Hall–Kier alpha value is -4.84. The van der Waals surface area contributed by atoms with Crippen molar-refractivity contribution in [1.82, 2.24) is 9.97 Å². The van der Waals surface area contributed by atoms with Gasteiger partial charge in [0.1, 0.15) is 23.9 Å². The molecule has 0 fully saturated rings. The second-order valence-electron chi connectivity index (χ2n) is 17.6. The van der Waals surface area contributed by atoms with Gasteiger partial charge in [-0.3, -0.25) is 9.59 Å². The molecule has 0 amide bonds. The molecule has 0 spiro atoms. The lowest BCUT2D eigenvalue weighted by atomic mass is 9.71. The van der Waals surface area contributed by atoms with Crippen LogP contribution in [0.15, 0.2) is 141 Å². The van der Waals surface area contributed by atoms with E-state index in [0.29, 0.717) is 48.6 Å². The Morgan fingerprint density at radius 1 is 0.762 bits per heavy atom. The molecule has 2 aliphatic rings. The second kappa shape index (κ2) is 24.9. The summed E-state index contributed by atoms with van der Waals surface area (Å²) in [6.45, 7) is 24.7. The maximum absolute atomic E-state index is 12.2. The number of thiazole rings is 1. The fraction of sp³-hybridized carbons (Fsp3) is 0.404. The highest BCUT2D eigenvalue weighted by molar-refractivity contribution is 7.09. The molecule has 2 heterocycles. The molecule has 2 atom stereocenters. The van der Waals surface area contributed by atoms with Crippen molar-refractivity contribution in [2.75, 3.05) is 12.3 Å². The lowest BCUT2D eigenvalue weighted by Crippen LogP contribution is -3.00. The summed E-state index contributed by atoms with van der Waals surface area (Å²) in [4.78, 5) is 34.0. The number of rotatable bonds is 14. The first-order valence-corrected chi connectivity index (χ1v) is 22.1. The number of carbonyl (C=O) groups excluding carboxylic acids is 2. The van der Waals surface area contributed by atoms with Crippen molar-refractivity contribution in [3.8, 4) is 0 Å². The number of hydrogen-bond acceptors (Lipinski definition) is 9. The minimum atomic E-state index is -0.907. The largest absolute Gasteiger partial charge is 1.00 e. The number of halogens is 1. The first kappa shape index (κ1) is 54.3. The molecule has 2 aliphatic carbocycles. The molecule has 2 aromatic rings. The van der Waals surface area contributed by atoms with Crippen molar-refractivity contribution in [1.29, 1.82) is 0 Å². The molecule has 0 saturated carbocycles. The van der Waals surface area contributed by atoms with Crippen molar-refractivity contribution in [2.24, 2.45) is 10.8 Å². The molecule has 0 bridgehead atoms. The SMILES string of the molecule is CC1=C(/C=C/C(C)=C/C=C/C(C)=C/C=C/C=C(C)/C=C/C=C(C)/C=C/C2=C(C)C(=O)C(O)CC2(C)C)C(C)(C)CC(O)C1=O.Cc1ncc(C[n+]2csc(CCO)c2C)c(N)n1.[Cl-]. The van der Waals surface area contributed by atoms with Crippen LogP contribution in [0.1, 0.15) is 104 Å². The van der Waals surface area contributed by atoms with Gasteiger partial charge in [-0.1, -0.05) is 146 Å². The Labute approximate surface area is 386 Å². The lowest BCUT2D eigenvalue weighted by Gasteiger charge is -2.34. The average Bonchev–Trinajstić information content (AvgIpc) is 3.53. The van der Waals surface area contributed by atoms with E-state index in [1.54, 1.807) is 31.4 Å². The first-order valence-electron chi connectivity index (χ1n) is 21.2. The zero-order valence-electron chi connectivity index (χ0n) is 39.3. The third-order valence-corrected chi connectivity index (χ3v) is 12.3. The summed E-state index contributed by atoms with van der Waals surface area (Å²) in [5, 5.41) is 29.0. The topological polar surface area (TPSA) is 151 Å². The Balaban J connectivity index is 0.000000595. The van der Waals surface area contributed by atoms with Crippen LogP contribution in [0.4, 0.5) is 5.82 Å². The van der Waals surface area contributed by atoms with E-state index in [-0.39, 0.29) is 41.4 Å². The Morgan fingerprint density at radius 3 is 1.62 bits per heavy atom. The van der Waals surface area contributed by atoms with Gasteiger partial charge in [-0.15, -0.1) is 0 Å². The highest BCUT2D eigenvalue weighted by Gasteiger charge is 2.37. The predicted molar refractivity (Wildman–Crippen MR) is 255 cm³/mol. The summed E-state index contributed by atoms with van der Waals surface area (Å²) >= 11 is 1.65. The van der Waals surface area contributed by atoms with Crippen molar-refractivity contribution >= 4 is 28.7 Å². The zero-order chi connectivity index (χ0) is 46.4. The normalized spacial score (nSPS) is 20.2. The predicted octanol–water partition coefficient (Wildman–Crippen LogP) is 6.52. The van der Waals surface area contributed by atoms with Gasteiger partial charge in [0, 0.05) is 26.1 Å². The number of carbonyl (C=O) groups is 2. The summed E-state index contributed by atoms with van der Waals surface area (Å²) < 4.78 is 2.11. The van der Waals surface area contributed by atoms with Gasteiger partial charge in [0.25, 0.3) is 0 Å². The Kier molecular flexibility index (Phi) is 21.4. The molecule has 340 valence electrons. The van der Waals surface area contributed by atoms with Gasteiger partial charge in [0.2, 0.25) is 5.51 Å². The number of Topliss-reactive ketones (excluding diaryl/α,β-unsaturated/α-hetero) is 2. The highest BCUT2D eigenvalue weighted by Crippen LogP contribution is 2.41. The van der Waals surface area contributed by atoms with E-state index in [1.165, 1.54) is 4.88 Å². The fourth-order valence-corrected chi connectivity index (χ4v) is 8.37. The van der Waals surface area contributed by atoms with Gasteiger partial charge in [0.15, 0.2) is 23.8 Å². The third kappa shape index (κ3) is 16.3. The molecule has 63 heavy (non-hydrogen) atoms. The van der Waals surface area contributed by atoms with Crippen LogP contribution in [-0.4, -0.2) is 55.7 Å². The summed E-state index contributed by atoms with van der Waals surface area (Å²) in [6.07, 6.45) is 30.0. The molecule has 2 aromatic heterocycles. The number of aromatic nitrogens is 3. The minimum Gasteiger partial charge on any atom is -1.00 e. The van der Waals surface area contributed by atoms with Crippen molar-refractivity contribution in [3.63, 3.8) is 0 Å². The summed E-state index contributed by atoms with van der Waals surface area (Å²) in [6, 6.07) is 0. The third-order valence-electron chi connectivity index (χ3n) is 11.2. The van der Waals surface area contributed by atoms with Crippen molar-refractivity contribution in [3.05, 3.63) is 163 Å². The number of aryl methyl sites for hydroxylation is 1. The molecule has 9 nitrogen and oxygen atoms in total. The molecule has 0 radical (unpaired) electrons. The quantitative estimate of drug-likeness (QED) is 0.124. The number of nitrogen functional groups attached to an aromatic ring is 1. The molecule has 2 unspecified atom stereocenters. The minimum absolute atomic E-state index is 0. The number of aliphatic hydroxyl groups is 3. The van der Waals surface area contributed by atoms with Crippen LogP contribution in [-0.2, 0) is 22.6 Å². The number of anilines is 1. The fourth-order valence-electron chi connectivity index (χ4n) is 7.39. The monoisotopic (exact) mass is 896 g/mol. The smallest absolute Gasteiger partial charge is 0.225 e. The molecular formula is C52H69ClN4O5S. The van der Waals surface area contributed by atoms with Crippen LogP contribution in [0, 0.1) is 24.7 Å². The number of aliphatic hydroxyl groups excluding tert-OH is 3. The second-order valence-corrected chi connectivity index (χ2v) is 18.5. The van der Waals surface area contributed by atoms with Gasteiger partial charge in [0.05, 0.1) is 10.4 Å².